The number of hydrogen-bond donors (Lipinski definition) is 1. The number of benzene rings is 1. The van der Waals surface area contributed by atoms with Crippen LogP contribution in [0, 0.1) is 16.0 Å². The molecule has 2 rings (SSSR count). The molecule has 1 fully saturated rings. The van der Waals surface area contributed by atoms with E-state index in [9.17, 15) is 18.5 Å². The fraction of sp³-hybridized carbons (Fsp3) is 0.538. The van der Waals surface area contributed by atoms with Gasteiger partial charge in [-0.25, -0.2) is 8.42 Å². The van der Waals surface area contributed by atoms with Crippen LogP contribution in [0.15, 0.2) is 23.1 Å². The minimum absolute atomic E-state index is 0.0873. The fourth-order valence-electron chi connectivity index (χ4n) is 2.72. The first kappa shape index (κ1) is 15.7. The number of hydrogen-bond acceptors (Lipinski definition) is 6. The number of aliphatic hydroxyl groups excluding tert-OH is 1. The molecule has 0 amide bonds. The lowest BCUT2D eigenvalue weighted by atomic mass is 10.1. The van der Waals surface area contributed by atoms with Crippen molar-refractivity contribution in [2.75, 3.05) is 30.9 Å². The maximum atomic E-state index is 11.7. The van der Waals surface area contributed by atoms with Crippen LogP contribution in [0.5, 0.6) is 0 Å². The summed E-state index contributed by atoms with van der Waals surface area (Å²) in [6, 6.07) is 4.37. The van der Waals surface area contributed by atoms with Crippen LogP contribution >= 0.6 is 0 Å². The normalized spacial score (nSPS) is 19.0. The van der Waals surface area contributed by atoms with E-state index in [1.807, 2.05) is 4.90 Å². The van der Waals surface area contributed by atoms with Gasteiger partial charge in [-0.05, 0) is 30.9 Å². The van der Waals surface area contributed by atoms with E-state index >= 15 is 0 Å². The van der Waals surface area contributed by atoms with Crippen LogP contribution in [-0.2, 0) is 9.84 Å². The summed E-state index contributed by atoms with van der Waals surface area (Å²) < 4.78 is 23.5. The summed E-state index contributed by atoms with van der Waals surface area (Å²) in [5.74, 6) is 0.275. The maximum Gasteiger partial charge on any atom is 0.311 e. The van der Waals surface area contributed by atoms with Gasteiger partial charge in [-0.2, -0.15) is 0 Å². The van der Waals surface area contributed by atoms with Crippen LogP contribution in [0.1, 0.15) is 12.8 Å². The molecule has 1 saturated heterocycles. The predicted molar refractivity (Wildman–Crippen MR) is 78.2 cm³/mol. The van der Waals surface area contributed by atoms with E-state index in [0.29, 0.717) is 25.2 Å². The van der Waals surface area contributed by atoms with E-state index in [0.717, 1.165) is 12.7 Å². The van der Waals surface area contributed by atoms with Gasteiger partial charge in [0.2, 0.25) is 0 Å². The largest absolute Gasteiger partial charge is 0.396 e. The molecule has 1 aromatic rings. The molecule has 8 heteroatoms. The summed E-state index contributed by atoms with van der Waals surface area (Å²) in [4.78, 5) is 12.3. The predicted octanol–water partition coefficient (Wildman–Crippen LogP) is 1.21. The van der Waals surface area contributed by atoms with Crippen LogP contribution in [0.25, 0.3) is 0 Å². The molecule has 1 aliphatic heterocycles. The lowest BCUT2D eigenvalue weighted by Gasteiger charge is -2.19. The smallest absolute Gasteiger partial charge is 0.311 e. The molecular formula is C13H18N2O5S. The molecule has 1 atom stereocenters. The van der Waals surface area contributed by atoms with Gasteiger partial charge in [-0.3, -0.25) is 10.1 Å². The van der Waals surface area contributed by atoms with Crippen LogP contribution in [0.2, 0.25) is 0 Å². The Morgan fingerprint density at radius 2 is 2.19 bits per heavy atom. The first-order chi connectivity index (χ1) is 9.84. The van der Waals surface area contributed by atoms with Crippen molar-refractivity contribution < 1.29 is 18.4 Å². The molecule has 7 nitrogen and oxygen atoms in total. The van der Waals surface area contributed by atoms with E-state index in [1.165, 1.54) is 12.1 Å². The van der Waals surface area contributed by atoms with Gasteiger partial charge in [-0.1, -0.05) is 6.07 Å². The molecule has 0 aromatic heterocycles. The van der Waals surface area contributed by atoms with Crippen molar-refractivity contribution in [3.8, 4) is 0 Å². The van der Waals surface area contributed by atoms with E-state index < -0.39 is 14.8 Å². The van der Waals surface area contributed by atoms with E-state index in [4.69, 9.17) is 5.11 Å². The van der Waals surface area contributed by atoms with Crippen molar-refractivity contribution in [1.29, 1.82) is 0 Å². The van der Waals surface area contributed by atoms with E-state index in [1.54, 1.807) is 6.07 Å². The van der Waals surface area contributed by atoms with Crippen LogP contribution in [0.4, 0.5) is 11.4 Å². The third-order valence-corrected chi connectivity index (χ3v) is 4.85. The first-order valence-electron chi connectivity index (χ1n) is 6.68. The zero-order valence-corrected chi connectivity index (χ0v) is 12.5. The van der Waals surface area contributed by atoms with Gasteiger partial charge >= 0.3 is 5.69 Å². The highest BCUT2D eigenvalue weighted by molar-refractivity contribution is 7.90. The number of aliphatic hydroxyl groups is 1. The van der Waals surface area contributed by atoms with E-state index in [-0.39, 0.29) is 23.1 Å². The average Bonchev–Trinajstić information content (AvgIpc) is 2.85. The highest BCUT2D eigenvalue weighted by atomic mass is 32.2. The molecule has 0 spiro atoms. The Morgan fingerprint density at radius 3 is 2.76 bits per heavy atom. The lowest BCUT2D eigenvalue weighted by molar-refractivity contribution is -0.387. The second-order valence-electron chi connectivity index (χ2n) is 5.27. The van der Waals surface area contributed by atoms with Gasteiger partial charge in [0.1, 0.15) is 10.6 Å². The Balaban J connectivity index is 2.43. The van der Waals surface area contributed by atoms with Crippen LogP contribution in [0.3, 0.4) is 0 Å². The molecular weight excluding hydrogens is 296 g/mol. The number of anilines is 1. The van der Waals surface area contributed by atoms with Gasteiger partial charge in [0.05, 0.1) is 4.92 Å². The van der Waals surface area contributed by atoms with Crippen LogP contribution in [-0.4, -0.2) is 44.4 Å². The van der Waals surface area contributed by atoms with Gasteiger partial charge in [0, 0.05) is 26.0 Å². The maximum absolute atomic E-state index is 11.7. The second-order valence-corrected chi connectivity index (χ2v) is 7.25. The number of nitro groups is 1. The molecule has 1 N–H and O–H groups in total. The Hall–Kier alpha value is -1.67. The molecule has 0 saturated carbocycles. The van der Waals surface area contributed by atoms with Gasteiger partial charge in [0.15, 0.2) is 9.84 Å². The standard InChI is InChI=1S/C13H18N2O5S/c1-21(19,20)12-4-2-3-11(13(12)15(17)18)14-7-5-10(9-14)6-8-16/h2-4,10,16H,5-9H2,1H3. The Kier molecular flexibility index (Phi) is 4.48. The summed E-state index contributed by atoms with van der Waals surface area (Å²) in [6.45, 7) is 1.30. The number of sulfone groups is 1. The molecule has 116 valence electrons. The van der Waals surface area contributed by atoms with Gasteiger partial charge < -0.3 is 10.0 Å². The Morgan fingerprint density at radius 1 is 1.48 bits per heavy atom. The van der Waals surface area contributed by atoms with Crippen LogP contribution < -0.4 is 4.90 Å². The SMILES string of the molecule is CS(=O)(=O)c1cccc(N2CCC(CCO)C2)c1[N+](=O)[O-]. The molecule has 0 bridgehead atoms. The number of para-hydroxylation sites is 1. The molecule has 1 unspecified atom stereocenters. The number of nitro benzene ring substituents is 1. The van der Waals surface area contributed by atoms with Crippen molar-refractivity contribution in [2.45, 2.75) is 17.7 Å². The molecule has 0 aliphatic carbocycles. The lowest BCUT2D eigenvalue weighted by Crippen LogP contribution is -2.21. The summed E-state index contributed by atoms with van der Waals surface area (Å²) in [5.41, 5.74) is -0.0204. The fourth-order valence-corrected chi connectivity index (χ4v) is 3.57. The third-order valence-electron chi connectivity index (χ3n) is 3.72. The van der Waals surface area contributed by atoms with Crippen molar-refractivity contribution >= 4 is 21.2 Å². The monoisotopic (exact) mass is 314 g/mol. The molecule has 1 aromatic carbocycles. The van der Waals surface area contributed by atoms with Gasteiger partial charge in [-0.15, -0.1) is 0 Å². The first-order valence-corrected chi connectivity index (χ1v) is 8.57. The van der Waals surface area contributed by atoms with Gasteiger partial charge in [0.25, 0.3) is 0 Å². The molecule has 0 radical (unpaired) electrons. The van der Waals surface area contributed by atoms with E-state index in [2.05, 4.69) is 0 Å². The molecule has 21 heavy (non-hydrogen) atoms. The summed E-state index contributed by atoms with van der Waals surface area (Å²) in [6.07, 6.45) is 2.45. The number of nitrogens with zero attached hydrogens (tertiary/aromatic N) is 2. The summed E-state index contributed by atoms with van der Waals surface area (Å²) in [5, 5.41) is 20.3. The second kappa shape index (κ2) is 5.98. The molecule has 1 aliphatic rings. The van der Waals surface area contributed by atoms with Crippen molar-refractivity contribution in [2.24, 2.45) is 5.92 Å². The molecule has 1 heterocycles. The summed E-state index contributed by atoms with van der Waals surface area (Å²) >= 11 is 0. The topological polar surface area (TPSA) is 101 Å². The highest BCUT2D eigenvalue weighted by Crippen LogP contribution is 2.37. The minimum atomic E-state index is -3.66. The Labute approximate surface area is 123 Å². The average molecular weight is 314 g/mol. The zero-order chi connectivity index (χ0) is 15.6. The van der Waals surface area contributed by atoms with Crippen molar-refractivity contribution in [1.82, 2.24) is 0 Å². The van der Waals surface area contributed by atoms with Crippen molar-refractivity contribution in [3.63, 3.8) is 0 Å². The number of rotatable bonds is 5. The minimum Gasteiger partial charge on any atom is -0.396 e. The van der Waals surface area contributed by atoms with Crippen molar-refractivity contribution in [3.05, 3.63) is 28.3 Å². The highest BCUT2D eigenvalue weighted by Gasteiger charge is 2.32. The third kappa shape index (κ3) is 3.33. The Bertz CT molecular complexity index is 644. The zero-order valence-electron chi connectivity index (χ0n) is 11.7. The summed E-state index contributed by atoms with van der Waals surface area (Å²) in [7, 11) is -3.66. The quantitative estimate of drug-likeness (QED) is 0.647.